The highest BCUT2D eigenvalue weighted by molar-refractivity contribution is 5.73. The number of benzene rings is 1. The van der Waals surface area contributed by atoms with Crippen LogP contribution in [-0.2, 0) is 18.3 Å². The van der Waals surface area contributed by atoms with Crippen LogP contribution in [0, 0.1) is 5.92 Å². The van der Waals surface area contributed by atoms with Crippen LogP contribution in [0.2, 0.25) is 0 Å². The number of hydrogen-bond donors (Lipinski definition) is 1. The molecule has 1 aliphatic rings. The molecule has 140 valence electrons. The second kappa shape index (κ2) is 7.78. The van der Waals surface area contributed by atoms with E-state index in [2.05, 4.69) is 10.00 Å². The van der Waals surface area contributed by atoms with Crippen molar-refractivity contribution in [2.45, 2.75) is 12.3 Å². The third-order valence-electron chi connectivity index (χ3n) is 5.02. The van der Waals surface area contributed by atoms with E-state index in [4.69, 9.17) is 9.47 Å². The molecule has 26 heavy (non-hydrogen) atoms. The van der Waals surface area contributed by atoms with E-state index in [1.54, 1.807) is 18.9 Å². The van der Waals surface area contributed by atoms with Crippen LogP contribution in [0.3, 0.4) is 0 Å². The van der Waals surface area contributed by atoms with Crippen molar-refractivity contribution >= 4 is 5.97 Å². The minimum Gasteiger partial charge on any atom is -0.493 e. The highest BCUT2D eigenvalue weighted by Gasteiger charge is 2.40. The molecule has 1 fully saturated rings. The maximum Gasteiger partial charge on any atom is 0.308 e. The Hall–Kier alpha value is -2.54. The van der Waals surface area contributed by atoms with Crippen LogP contribution in [0.4, 0.5) is 0 Å². The molecule has 1 aromatic heterocycles. The molecule has 1 aromatic carbocycles. The van der Waals surface area contributed by atoms with E-state index >= 15 is 0 Å². The SMILES string of the molecule is COc1cccc([C@@H]2CN(CCc3cnn(C)c3)C[C@H]2C(=O)O)c1OC. The molecule has 1 aliphatic heterocycles. The predicted octanol–water partition coefficient (Wildman–Crippen LogP) is 1.78. The molecule has 0 bridgehead atoms. The molecule has 2 atom stereocenters. The van der Waals surface area contributed by atoms with Gasteiger partial charge in [0.1, 0.15) is 0 Å². The summed E-state index contributed by atoms with van der Waals surface area (Å²) in [6.07, 6.45) is 4.70. The molecule has 7 nitrogen and oxygen atoms in total. The highest BCUT2D eigenvalue weighted by Crippen LogP contribution is 2.41. The highest BCUT2D eigenvalue weighted by atomic mass is 16.5. The van der Waals surface area contributed by atoms with E-state index in [-0.39, 0.29) is 5.92 Å². The Morgan fingerprint density at radius 2 is 2.12 bits per heavy atom. The molecule has 0 spiro atoms. The van der Waals surface area contributed by atoms with Gasteiger partial charge in [0.15, 0.2) is 11.5 Å². The van der Waals surface area contributed by atoms with Crippen molar-refractivity contribution in [3.8, 4) is 11.5 Å². The summed E-state index contributed by atoms with van der Waals surface area (Å²) < 4.78 is 12.7. The lowest BCUT2D eigenvalue weighted by Gasteiger charge is -2.20. The fraction of sp³-hybridized carbons (Fsp3) is 0.474. The fourth-order valence-corrected chi connectivity index (χ4v) is 3.73. The Balaban J connectivity index is 1.79. The smallest absolute Gasteiger partial charge is 0.308 e. The molecule has 2 heterocycles. The third-order valence-corrected chi connectivity index (χ3v) is 5.02. The summed E-state index contributed by atoms with van der Waals surface area (Å²) in [6, 6.07) is 5.65. The number of hydrogen-bond acceptors (Lipinski definition) is 5. The molecule has 0 radical (unpaired) electrons. The number of aromatic nitrogens is 2. The van der Waals surface area contributed by atoms with Gasteiger partial charge >= 0.3 is 5.97 Å². The maximum absolute atomic E-state index is 11.9. The average molecular weight is 359 g/mol. The number of para-hydroxylation sites is 1. The molecule has 7 heteroatoms. The number of nitrogens with zero attached hydrogens (tertiary/aromatic N) is 3. The standard InChI is InChI=1S/C19H25N3O4/c1-21-10-13(9-20-21)7-8-22-11-15(16(12-22)19(23)24)14-5-4-6-17(25-2)18(14)26-3/h4-6,9-10,15-16H,7-8,11-12H2,1-3H3,(H,23,24)/t15-,16+/m0/s1. The summed E-state index contributed by atoms with van der Waals surface area (Å²) in [5.74, 6) is -0.122. The topological polar surface area (TPSA) is 76.8 Å². The van der Waals surface area contributed by atoms with Crippen molar-refractivity contribution in [3.05, 3.63) is 41.7 Å². The molecule has 3 rings (SSSR count). The lowest BCUT2D eigenvalue weighted by atomic mass is 9.88. The quantitative estimate of drug-likeness (QED) is 0.812. The number of ether oxygens (including phenoxy) is 2. The van der Waals surface area contributed by atoms with Gasteiger partial charge in [-0.1, -0.05) is 12.1 Å². The largest absolute Gasteiger partial charge is 0.493 e. The zero-order valence-corrected chi connectivity index (χ0v) is 15.4. The van der Waals surface area contributed by atoms with Crippen LogP contribution < -0.4 is 9.47 Å². The van der Waals surface area contributed by atoms with Crippen molar-refractivity contribution in [2.24, 2.45) is 13.0 Å². The van der Waals surface area contributed by atoms with Crippen molar-refractivity contribution in [2.75, 3.05) is 33.9 Å². The first-order valence-electron chi connectivity index (χ1n) is 8.67. The van der Waals surface area contributed by atoms with Crippen LogP contribution in [0.1, 0.15) is 17.0 Å². The lowest BCUT2D eigenvalue weighted by molar-refractivity contribution is -0.141. The van der Waals surface area contributed by atoms with Crippen molar-refractivity contribution in [3.63, 3.8) is 0 Å². The molecule has 0 amide bonds. The summed E-state index contributed by atoms with van der Waals surface area (Å²) >= 11 is 0. The van der Waals surface area contributed by atoms with Crippen molar-refractivity contribution in [1.82, 2.24) is 14.7 Å². The summed E-state index contributed by atoms with van der Waals surface area (Å²) in [5.41, 5.74) is 2.05. The summed E-state index contributed by atoms with van der Waals surface area (Å²) in [4.78, 5) is 14.1. The minimum absolute atomic E-state index is 0.133. The number of carboxylic acids is 1. The second-order valence-corrected chi connectivity index (χ2v) is 6.67. The van der Waals surface area contributed by atoms with E-state index < -0.39 is 11.9 Å². The number of carboxylic acid groups (broad SMARTS) is 1. The van der Waals surface area contributed by atoms with E-state index in [9.17, 15) is 9.90 Å². The monoisotopic (exact) mass is 359 g/mol. The molecule has 0 aliphatic carbocycles. The first-order valence-corrected chi connectivity index (χ1v) is 8.67. The zero-order valence-electron chi connectivity index (χ0n) is 15.4. The number of rotatable bonds is 7. The Kier molecular flexibility index (Phi) is 5.46. The van der Waals surface area contributed by atoms with Gasteiger partial charge < -0.3 is 19.5 Å². The first-order chi connectivity index (χ1) is 12.5. The van der Waals surface area contributed by atoms with E-state index in [1.807, 2.05) is 37.6 Å². The first kappa shape index (κ1) is 18.3. The zero-order chi connectivity index (χ0) is 18.7. The minimum atomic E-state index is -0.774. The Bertz CT molecular complexity index is 774. The van der Waals surface area contributed by atoms with Gasteiger partial charge in [-0.15, -0.1) is 0 Å². The van der Waals surface area contributed by atoms with E-state index in [0.29, 0.717) is 24.6 Å². The van der Waals surface area contributed by atoms with Gasteiger partial charge in [0.2, 0.25) is 0 Å². The van der Waals surface area contributed by atoms with Gasteiger partial charge in [-0.2, -0.15) is 5.10 Å². The van der Waals surface area contributed by atoms with Gasteiger partial charge in [0.25, 0.3) is 0 Å². The molecule has 1 N–H and O–H groups in total. The Morgan fingerprint density at radius 3 is 2.73 bits per heavy atom. The normalized spacial score (nSPS) is 20.3. The van der Waals surface area contributed by atoms with Crippen LogP contribution in [0.5, 0.6) is 11.5 Å². The van der Waals surface area contributed by atoms with Crippen LogP contribution >= 0.6 is 0 Å². The predicted molar refractivity (Wildman–Crippen MR) is 96.8 cm³/mol. The van der Waals surface area contributed by atoms with E-state index in [1.165, 1.54) is 0 Å². The van der Waals surface area contributed by atoms with E-state index in [0.717, 1.165) is 24.1 Å². The lowest BCUT2D eigenvalue weighted by Crippen LogP contribution is -2.25. The van der Waals surface area contributed by atoms with Gasteiger partial charge in [-0.25, -0.2) is 0 Å². The van der Waals surface area contributed by atoms with Gasteiger partial charge in [0, 0.05) is 44.4 Å². The Labute approximate surface area is 153 Å². The number of likely N-dealkylation sites (tertiary alicyclic amines) is 1. The summed E-state index contributed by atoms with van der Waals surface area (Å²) in [6.45, 7) is 2.01. The summed E-state index contributed by atoms with van der Waals surface area (Å²) in [7, 11) is 5.07. The number of aryl methyl sites for hydroxylation is 1. The molecular formula is C19H25N3O4. The Morgan fingerprint density at radius 1 is 1.31 bits per heavy atom. The average Bonchev–Trinajstić information content (AvgIpc) is 3.25. The number of aliphatic carboxylic acids is 1. The van der Waals surface area contributed by atoms with Crippen LogP contribution in [-0.4, -0.2) is 59.6 Å². The van der Waals surface area contributed by atoms with Crippen molar-refractivity contribution < 1.29 is 19.4 Å². The molecular weight excluding hydrogens is 334 g/mol. The molecule has 2 aromatic rings. The van der Waals surface area contributed by atoms with Crippen molar-refractivity contribution in [1.29, 1.82) is 0 Å². The van der Waals surface area contributed by atoms with Gasteiger partial charge in [-0.05, 0) is 18.1 Å². The van der Waals surface area contributed by atoms with Crippen LogP contribution in [0.25, 0.3) is 0 Å². The number of methoxy groups -OCH3 is 2. The third kappa shape index (κ3) is 3.67. The second-order valence-electron chi connectivity index (χ2n) is 6.67. The van der Waals surface area contributed by atoms with Crippen LogP contribution in [0.15, 0.2) is 30.6 Å². The summed E-state index contributed by atoms with van der Waals surface area (Å²) in [5, 5.41) is 13.9. The van der Waals surface area contributed by atoms with Gasteiger partial charge in [-0.3, -0.25) is 9.48 Å². The van der Waals surface area contributed by atoms with Gasteiger partial charge in [0.05, 0.1) is 26.3 Å². The maximum atomic E-state index is 11.9. The molecule has 0 saturated carbocycles. The molecule has 0 unspecified atom stereocenters. The number of carbonyl (C=O) groups is 1. The molecule has 1 saturated heterocycles. The fourth-order valence-electron chi connectivity index (χ4n) is 3.73.